The molecule has 0 bridgehead atoms. The molecule has 1 spiro atoms. The minimum atomic E-state index is -0.506. The van der Waals surface area contributed by atoms with E-state index in [0.717, 1.165) is 11.1 Å². The van der Waals surface area contributed by atoms with Crippen molar-refractivity contribution in [3.63, 3.8) is 0 Å². The highest BCUT2D eigenvalue weighted by Crippen LogP contribution is 2.40. The monoisotopic (exact) mass is 373 g/mol. The molecule has 2 aliphatic rings. The maximum absolute atomic E-state index is 12.3. The van der Waals surface area contributed by atoms with Gasteiger partial charge in [0.15, 0.2) is 0 Å². The van der Waals surface area contributed by atoms with E-state index in [-0.39, 0.29) is 12.1 Å². The summed E-state index contributed by atoms with van der Waals surface area (Å²) in [7, 11) is 1.37. The summed E-state index contributed by atoms with van der Waals surface area (Å²) in [6.45, 7) is 8.58. The molecule has 0 aliphatic carbocycles. The van der Waals surface area contributed by atoms with E-state index in [1.807, 2.05) is 39.8 Å². The zero-order valence-electron chi connectivity index (χ0n) is 16.6. The van der Waals surface area contributed by atoms with E-state index in [2.05, 4.69) is 6.08 Å². The van der Waals surface area contributed by atoms with E-state index >= 15 is 0 Å². The van der Waals surface area contributed by atoms with E-state index in [9.17, 15) is 9.59 Å². The van der Waals surface area contributed by atoms with Crippen molar-refractivity contribution in [3.05, 3.63) is 34.9 Å². The molecule has 6 heteroatoms. The lowest BCUT2D eigenvalue weighted by Gasteiger charge is -2.42. The average Bonchev–Trinajstić information content (AvgIpc) is 2.61. The first-order chi connectivity index (χ1) is 12.6. The Bertz CT molecular complexity index is 782. The molecule has 0 unspecified atom stereocenters. The quantitative estimate of drug-likeness (QED) is 0.697. The van der Waals surface area contributed by atoms with Crippen LogP contribution >= 0.6 is 0 Å². The number of ether oxygens (including phenoxy) is 3. The summed E-state index contributed by atoms with van der Waals surface area (Å²) < 4.78 is 16.7. The lowest BCUT2D eigenvalue weighted by molar-refractivity contribution is -0.00129. The molecular weight excluding hydrogens is 346 g/mol. The fourth-order valence-electron chi connectivity index (χ4n) is 3.45. The van der Waals surface area contributed by atoms with Crippen LogP contribution in [0, 0.1) is 6.92 Å². The third kappa shape index (κ3) is 3.94. The zero-order chi connectivity index (χ0) is 19.8. The molecule has 6 nitrogen and oxygen atoms in total. The number of hydrogen-bond donors (Lipinski definition) is 0. The van der Waals surface area contributed by atoms with Crippen molar-refractivity contribution in [1.29, 1.82) is 0 Å². The number of likely N-dealkylation sites (tertiary alicyclic amines) is 1. The lowest BCUT2D eigenvalue weighted by atomic mass is 9.87. The molecule has 1 amide bonds. The minimum Gasteiger partial charge on any atom is -0.482 e. The predicted octanol–water partition coefficient (Wildman–Crippen LogP) is 3.96. The summed E-state index contributed by atoms with van der Waals surface area (Å²) in [6.07, 6.45) is 5.16. The molecule has 1 aromatic rings. The first kappa shape index (κ1) is 19.3. The van der Waals surface area contributed by atoms with Crippen LogP contribution in [0.25, 0.3) is 6.08 Å². The summed E-state index contributed by atoms with van der Waals surface area (Å²) in [5.74, 6) is 0.341. The first-order valence-electron chi connectivity index (χ1n) is 9.22. The number of benzene rings is 1. The summed E-state index contributed by atoms with van der Waals surface area (Å²) in [5.41, 5.74) is 1.25. The number of rotatable bonds is 1. The van der Waals surface area contributed by atoms with Crippen LogP contribution in [0.1, 0.15) is 55.1 Å². The van der Waals surface area contributed by atoms with Crippen LogP contribution in [0.3, 0.4) is 0 Å². The normalized spacial score (nSPS) is 17.9. The van der Waals surface area contributed by atoms with Crippen molar-refractivity contribution >= 4 is 18.1 Å². The van der Waals surface area contributed by atoms with Crippen LogP contribution in [0.15, 0.2) is 18.2 Å². The van der Waals surface area contributed by atoms with Crippen LogP contribution in [0.2, 0.25) is 0 Å². The average molecular weight is 373 g/mol. The van der Waals surface area contributed by atoms with Crippen LogP contribution in [0.5, 0.6) is 5.75 Å². The first-order valence-corrected chi connectivity index (χ1v) is 9.22. The topological polar surface area (TPSA) is 65.1 Å². The number of piperidine rings is 1. The molecule has 0 atom stereocenters. The number of carbonyl (C=O) groups excluding carboxylic acids is 2. The molecule has 2 aliphatic heterocycles. The molecule has 146 valence electrons. The van der Waals surface area contributed by atoms with Gasteiger partial charge in [-0.15, -0.1) is 0 Å². The SMILES string of the molecule is COC(=O)c1ccc2c(c1C)OC1(C=C2)CCN(C(=O)OC(C)(C)C)CC1. The zero-order valence-corrected chi connectivity index (χ0v) is 16.6. The second-order valence-corrected chi connectivity index (χ2v) is 8.12. The van der Waals surface area contributed by atoms with Gasteiger partial charge in [0.05, 0.1) is 12.7 Å². The van der Waals surface area contributed by atoms with Crippen molar-refractivity contribution in [3.8, 4) is 5.75 Å². The summed E-state index contributed by atoms with van der Waals surface area (Å²) in [6, 6.07) is 3.63. The number of methoxy groups -OCH3 is 1. The van der Waals surface area contributed by atoms with Gasteiger partial charge in [0.2, 0.25) is 0 Å². The van der Waals surface area contributed by atoms with Crippen LogP contribution in [0.4, 0.5) is 4.79 Å². The molecule has 1 aromatic carbocycles. The Balaban J connectivity index is 1.75. The van der Waals surface area contributed by atoms with E-state index < -0.39 is 11.2 Å². The number of fused-ring (bicyclic) bond motifs is 1. The van der Waals surface area contributed by atoms with Gasteiger partial charge in [0.1, 0.15) is 17.0 Å². The van der Waals surface area contributed by atoms with E-state index in [4.69, 9.17) is 14.2 Å². The standard InChI is InChI=1S/C21H27NO5/c1-14-16(18(23)25-5)7-6-15-8-9-21(26-17(14)15)10-12-22(13-11-21)19(24)27-20(2,3)4/h6-9H,10-13H2,1-5H3. The highest BCUT2D eigenvalue weighted by atomic mass is 16.6. The second-order valence-electron chi connectivity index (χ2n) is 8.12. The summed E-state index contributed by atoms with van der Waals surface area (Å²) >= 11 is 0. The van der Waals surface area contributed by atoms with Gasteiger partial charge in [-0.25, -0.2) is 9.59 Å². The Morgan fingerprint density at radius 1 is 1.19 bits per heavy atom. The largest absolute Gasteiger partial charge is 0.482 e. The van der Waals surface area contributed by atoms with Gasteiger partial charge in [-0.3, -0.25) is 0 Å². The maximum Gasteiger partial charge on any atom is 0.410 e. The second kappa shape index (κ2) is 6.91. The van der Waals surface area contributed by atoms with Crippen LogP contribution in [-0.4, -0.2) is 48.4 Å². The number of esters is 1. The number of carbonyl (C=O) groups is 2. The van der Waals surface area contributed by atoms with E-state index in [1.54, 1.807) is 11.0 Å². The fraction of sp³-hybridized carbons (Fsp3) is 0.524. The summed E-state index contributed by atoms with van der Waals surface area (Å²) in [4.78, 5) is 26.0. The Labute approximate surface area is 160 Å². The van der Waals surface area contributed by atoms with Crippen LogP contribution < -0.4 is 4.74 Å². The Kier molecular flexibility index (Phi) is 4.93. The maximum atomic E-state index is 12.3. The highest BCUT2D eigenvalue weighted by molar-refractivity contribution is 5.92. The number of amides is 1. The van der Waals surface area contributed by atoms with Gasteiger partial charge < -0.3 is 19.1 Å². The third-order valence-corrected chi connectivity index (χ3v) is 4.98. The number of hydrogen-bond acceptors (Lipinski definition) is 5. The summed E-state index contributed by atoms with van der Waals surface area (Å²) in [5, 5.41) is 0. The van der Waals surface area contributed by atoms with Crippen molar-refractivity contribution in [2.45, 2.75) is 51.7 Å². The Morgan fingerprint density at radius 3 is 2.44 bits per heavy atom. The van der Waals surface area contributed by atoms with Gasteiger partial charge in [-0.2, -0.15) is 0 Å². The lowest BCUT2D eigenvalue weighted by Crippen LogP contribution is -2.50. The predicted molar refractivity (Wildman–Crippen MR) is 102 cm³/mol. The fourth-order valence-corrected chi connectivity index (χ4v) is 3.45. The van der Waals surface area contributed by atoms with E-state index in [1.165, 1.54) is 7.11 Å². The molecule has 0 aromatic heterocycles. The van der Waals surface area contributed by atoms with Gasteiger partial charge in [0, 0.05) is 37.1 Å². The molecular formula is C21H27NO5. The molecule has 2 heterocycles. The molecule has 0 radical (unpaired) electrons. The molecule has 0 N–H and O–H groups in total. The third-order valence-electron chi connectivity index (χ3n) is 4.98. The van der Waals surface area contributed by atoms with Crippen molar-refractivity contribution in [2.75, 3.05) is 20.2 Å². The van der Waals surface area contributed by atoms with E-state index in [0.29, 0.717) is 37.2 Å². The number of nitrogens with zero attached hydrogens (tertiary/aromatic N) is 1. The van der Waals surface area contributed by atoms with Crippen molar-refractivity contribution in [2.24, 2.45) is 0 Å². The molecule has 27 heavy (non-hydrogen) atoms. The molecule has 0 saturated carbocycles. The highest BCUT2D eigenvalue weighted by Gasteiger charge is 2.39. The van der Waals surface area contributed by atoms with Crippen LogP contribution in [-0.2, 0) is 9.47 Å². The minimum absolute atomic E-state index is 0.290. The van der Waals surface area contributed by atoms with Crippen molar-refractivity contribution in [1.82, 2.24) is 4.90 Å². The molecule has 1 saturated heterocycles. The van der Waals surface area contributed by atoms with Crippen molar-refractivity contribution < 1.29 is 23.8 Å². The van der Waals surface area contributed by atoms with Gasteiger partial charge in [-0.1, -0.05) is 12.1 Å². The van der Waals surface area contributed by atoms with Gasteiger partial charge in [-0.05, 0) is 39.8 Å². The Hall–Kier alpha value is -2.50. The van der Waals surface area contributed by atoms with Gasteiger partial charge in [0.25, 0.3) is 0 Å². The molecule has 1 fully saturated rings. The molecule has 3 rings (SSSR count). The van der Waals surface area contributed by atoms with Gasteiger partial charge >= 0.3 is 12.1 Å². The smallest absolute Gasteiger partial charge is 0.410 e. The Morgan fingerprint density at radius 2 is 1.85 bits per heavy atom.